The standard InChI is InChI=1S/C34H28N4/c1-3-11-27(12-4-1)35-36-28-19-21-32(22-20-28)38(29-13-5-2-6-14-29)34-25-23-33(24-26-34)37(30-15-7-8-16-30)31-17-9-10-18-31/h1-26,30-31H. The van der Waals surface area contributed by atoms with Crippen molar-refractivity contribution in [1.82, 2.24) is 0 Å². The maximum Gasteiger partial charge on any atom is 0.0858 e. The maximum absolute atomic E-state index is 4.41. The Morgan fingerprint density at radius 2 is 0.789 bits per heavy atom. The van der Waals surface area contributed by atoms with Gasteiger partial charge in [-0.25, -0.2) is 0 Å². The molecule has 0 saturated heterocycles. The van der Waals surface area contributed by atoms with Crippen molar-refractivity contribution in [3.8, 4) is 0 Å². The van der Waals surface area contributed by atoms with Crippen molar-refractivity contribution in [1.29, 1.82) is 0 Å². The monoisotopic (exact) mass is 492 g/mol. The molecule has 4 aromatic rings. The van der Waals surface area contributed by atoms with Gasteiger partial charge in [0.2, 0.25) is 0 Å². The molecule has 4 aromatic carbocycles. The number of hydrogen-bond acceptors (Lipinski definition) is 4. The van der Waals surface area contributed by atoms with E-state index < -0.39 is 0 Å². The summed E-state index contributed by atoms with van der Waals surface area (Å²) in [5.41, 5.74) is 6.08. The van der Waals surface area contributed by atoms with E-state index in [1.165, 1.54) is 5.69 Å². The lowest BCUT2D eigenvalue weighted by molar-refractivity contribution is 0.773. The van der Waals surface area contributed by atoms with Crippen LogP contribution in [0.15, 0.2) is 168 Å². The lowest BCUT2D eigenvalue weighted by atomic mass is 10.1. The highest BCUT2D eigenvalue weighted by Crippen LogP contribution is 2.37. The Hall–Kier alpha value is -4.96. The molecule has 0 atom stereocenters. The van der Waals surface area contributed by atoms with Crippen molar-refractivity contribution in [3.63, 3.8) is 0 Å². The first kappa shape index (κ1) is 23.4. The zero-order chi connectivity index (χ0) is 25.6. The highest BCUT2D eigenvalue weighted by Gasteiger charge is 2.23. The molecule has 4 nitrogen and oxygen atoms in total. The summed E-state index contributed by atoms with van der Waals surface area (Å²) >= 11 is 0. The normalized spacial score (nSPS) is 14.6. The predicted octanol–water partition coefficient (Wildman–Crippen LogP) is 9.37. The molecule has 184 valence electrons. The molecule has 0 saturated carbocycles. The Morgan fingerprint density at radius 3 is 1.32 bits per heavy atom. The lowest BCUT2D eigenvalue weighted by Gasteiger charge is -2.34. The van der Waals surface area contributed by atoms with Crippen molar-refractivity contribution in [2.45, 2.75) is 12.1 Å². The first-order chi connectivity index (χ1) is 18.8. The summed E-state index contributed by atoms with van der Waals surface area (Å²) in [6, 6.07) is 37.7. The van der Waals surface area contributed by atoms with E-state index in [1.54, 1.807) is 0 Å². The van der Waals surface area contributed by atoms with E-state index in [9.17, 15) is 0 Å². The van der Waals surface area contributed by atoms with Gasteiger partial charge in [0.15, 0.2) is 0 Å². The molecule has 6 rings (SSSR count). The molecule has 4 heteroatoms. The zero-order valence-electron chi connectivity index (χ0n) is 21.0. The second-order valence-electron chi connectivity index (χ2n) is 9.17. The number of anilines is 4. The van der Waals surface area contributed by atoms with Gasteiger partial charge in [-0.15, -0.1) is 0 Å². The van der Waals surface area contributed by atoms with Gasteiger partial charge < -0.3 is 9.80 Å². The van der Waals surface area contributed by atoms with Gasteiger partial charge in [0.05, 0.1) is 23.5 Å². The molecule has 0 spiro atoms. The van der Waals surface area contributed by atoms with E-state index in [0.717, 1.165) is 28.4 Å². The topological polar surface area (TPSA) is 31.2 Å². The van der Waals surface area contributed by atoms with Gasteiger partial charge in [-0.1, -0.05) is 85.0 Å². The van der Waals surface area contributed by atoms with Crippen LogP contribution in [0.25, 0.3) is 0 Å². The van der Waals surface area contributed by atoms with Crippen LogP contribution in [0, 0.1) is 0 Å². The quantitative estimate of drug-likeness (QED) is 0.229. The van der Waals surface area contributed by atoms with Crippen LogP contribution in [-0.4, -0.2) is 12.1 Å². The number of azo groups is 1. The Balaban J connectivity index is 1.30. The third-order valence-electron chi connectivity index (χ3n) is 6.66. The second-order valence-corrected chi connectivity index (χ2v) is 9.17. The fourth-order valence-electron chi connectivity index (χ4n) is 4.83. The fraction of sp³-hybridized carbons (Fsp3) is 0.0588. The second kappa shape index (κ2) is 11.0. The molecule has 0 N–H and O–H groups in total. The Bertz CT molecular complexity index is 1450. The largest absolute Gasteiger partial charge is 0.352 e. The molecule has 0 amide bonds. The van der Waals surface area contributed by atoms with Gasteiger partial charge in [-0.2, -0.15) is 10.2 Å². The van der Waals surface area contributed by atoms with Crippen LogP contribution in [0.3, 0.4) is 0 Å². The molecule has 2 aliphatic rings. The van der Waals surface area contributed by atoms with Gasteiger partial charge in [-0.3, -0.25) is 0 Å². The Kier molecular flexibility index (Phi) is 6.77. The van der Waals surface area contributed by atoms with Crippen LogP contribution in [-0.2, 0) is 0 Å². The minimum Gasteiger partial charge on any atom is -0.352 e. The van der Waals surface area contributed by atoms with Crippen molar-refractivity contribution < 1.29 is 0 Å². The third kappa shape index (κ3) is 5.11. The number of rotatable bonds is 8. The average molecular weight is 493 g/mol. The molecule has 0 unspecified atom stereocenters. The molecule has 38 heavy (non-hydrogen) atoms. The molecule has 0 radical (unpaired) electrons. The first-order valence-electron chi connectivity index (χ1n) is 12.9. The first-order valence-corrected chi connectivity index (χ1v) is 12.9. The Labute approximate surface area is 223 Å². The summed E-state index contributed by atoms with van der Waals surface area (Å²) in [6.07, 6.45) is 17.4. The summed E-state index contributed by atoms with van der Waals surface area (Å²) in [5.74, 6) is 0. The van der Waals surface area contributed by atoms with Crippen LogP contribution < -0.4 is 9.80 Å². The van der Waals surface area contributed by atoms with Crippen LogP contribution in [0.4, 0.5) is 34.1 Å². The lowest BCUT2D eigenvalue weighted by Crippen LogP contribution is -2.38. The minimum atomic E-state index is 0.237. The van der Waals surface area contributed by atoms with E-state index in [0.29, 0.717) is 0 Å². The highest BCUT2D eigenvalue weighted by molar-refractivity contribution is 5.78. The summed E-state index contributed by atoms with van der Waals surface area (Å²) in [7, 11) is 0. The van der Waals surface area contributed by atoms with Crippen LogP contribution in [0.5, 0.6) is 0 Å². The maximum atomic E-state index is 4.41. The van der Waals surface area contributed by atoms with Crippen LogP contribution in [0.1, 0.15) is 0 Å². The minimum absolute atomic E-state index is 0.237. The molecule has 0 heterocycles. The number of hydrogen-bond donors (Lipinski definition) is 0. The molecule has 0 bridgehead atoms. The molecular formula is C34H28N4. The molecule has 2 aliphatic carbocycles. The van der Waals surface area contributed by atoms with Gasteiger partial charge in [-0.05, 0) is 72.8 Å². The number of benzene rings is 4. The van der Waals surface area contributed by atoms with Crippen molar-refractivity contribution >= 4 is 34.1 Å². The SMILES string of the molecule is C1=CC(N(c2ccc(N(c3ccccc3)c3ccc(N=Nc4ccccc4)cc3)cc2)C2C=CC=C2)C=C1. The van der Waals surface area contributed by atoms with E-state index in [2.05, 4.69) is 129 Å². The smallest absolute Gasteiger partial charge is 0.0858 e. The van der Waals surface area contributed by atoms with Gasteiger partial charge in [0.25, 0.3) is 0 Å². The van der Waals surface area contributed by atoms with E-state index >= 15 is 0 Å². The summed E-state index contributed by atoms with van der Waals surface area (Å²) < 4.78 is 0. The molecule has 0 aromatic heterocycles. The van der Waals surface area contributed by atoms with E-state index in [4.69, 9.17) is 0 Å². The van der Waals surface area contributed by atoms with Gasteiger partial charge in [0, 0.05) is 22.7 Å². The zero-order valence-corrected chi connectivity index (χ0v) is 21.0. The van der Waals surface area contributed by atoms with Crippen LogP contribution >= 0.6 is 0 Å². The molecule has 0 aliphatic heterocycles. The Morgan fingerprint density at radius 1 is 0.395 bits per heavy atom. The van der Waals surface area contributed by atoms with Crippen molar-refractivity contribution in [2.75, 3.05) is 9.80 Å². The predicted molar refractivity (Wildman–Crippen MR) is 158 cm³/mol. The average Bonchev–Trinajstić information content (AvgIpc) is 3.71. The number of nitrogens with zero attached hydrogens (tertiary/aromatic N) is 4. The van der Waals surface area contributed by atoms with Crippen LogP contribution in [0.2, 0.25) is 0 Å². The van der Waals surface area contributed by atoms with Gasteiger partial charge >= 0.3 is 0 Å². The highest BCUT2D eigenvalue weighted by atomic mass is 15.2. The summed E-state index contributed by atoms with van der Waals surface area (Å²) in [4.78, 5) is 4.69. The van der Waals surface area contributed by atoms with Crippen molar-refractivity contribution in [2.24, 2.45) is 10.2 Å². The number of para-hydroxylation sites is 1. The third-order valence-corrected chi connectivity index (χ3v) is 6.66. The van der Waals surface area contributed by atoms with E-state index in [-0.39, 0.29) is 12.1 Å². The molecular weight excluding hydrogens is 464 g/mol. The van der Waals surface area contributed by atoms with Crippen molar-refractivity contribution in [3.05, 3.63) is 158 Å². The van der Waals surface area contributed by atoms with E-state index in [1.807, 2.05) is 48.5 Å². The van der Waals surface area contributed by atoms with Gasteiger partial charge in [0.1, 0.15) is 0 Å². The fourth-order valence-corrected chi connectivity index (χ4v) is 4.83. The summed E-state index contributed by atoms with van der Waals surface area (Å²) in [5, 5.41) is 8.75. The number of allylic oxidation sites excluding steroid dienone is 4. The molecule has 0 fully saturated rings. The summed E-state index contributed by atoms with van der Waals surface area (Å²) in [6.45, 7) is 0.